The number of aromatic amines is 1. The third kappa shape index (κ3) is 5.01. The van der Waals surface area contributed by atoms with E-state index in [2.05, 4.69) is 20.5 Å². The van der Waals surface area contributed by atoms with Gasteiger partial charge in [-0.25, -0.2) is 4.79 Å². The lowest BCUT2D eigenvalue weighted by Gasteiger charge is -2.08. The van der Waals surface area contributed by atoms with Gasteiger partial charge in [-0.3, -0.25) is 9.78 Å². The second-order valence-electron chi connectivity index (χ2n) is 5.95. The number of H-pyrrole nitrogens is 1. The van der Waals surface area contributed by atoms with Crippen LogP contribution in [0.25, 0.3) is 0 Å². The molecule has 0 aliphatic heterocycles. The summed E-state index contributed by atoms with van der Waals surface area (Å²) >= 11 is 0. The normalized spacial score (nSPS) is 10.4. The van der Waals surface area contributed by atoms with Crippen molar-refractivity contribution in [3.05, 3.63) is 81.8 Å². The van der Waals surface area contributed by atoms with Gasteiger partial charge in [-0.15, -0.1) is 10.2 Å². The Hall–Kier alpha value is -3.48. The second kappa shape index (κ2) is 8.75. The Balaban J connectivity index is 1.72. The highest BCUT2D eigenvalue weighted by Gasteiger charge is 2.09. The van der Waals surface area contributed by atoms with E-state index in [1.165, 1.54) is 0 Å². The van der Waals surface area contributed by atoms with Crippen LogP contribution in [0.15, 0.2) is 59.4 Å². The number of rotatable bonds is 7. The van der Waals surface area contributed by atoms with Gasteiger partial charge in [0.25, 0.3) is 5.56 Å². The van der Waals surface area contributed by atoms with E-state index in [0.717, 1.165) is 12.0 Å². The van der Waals surface area contributed by atoms with Crippen LogP contribution in [0.5, 0.6) is 0 Å². The molecule has 0 unspecified atom stereocenters. The lowest BCUT2D eigenvalue weighted by Crippen LogP contribution is -2.19. The topological polar surface area (TPSA) is 97.0 Å². The van der Waals surface area contributed by atoms with Crippen LogP contribution < -0.4 is 10.9 Å². The molecule has 27 heavy (non-hydrogen) atoms. The molecule has 138 valence electrons. The maximum absolute atomic E-state index is 12.3. The number of nitrogens with zero attached hydrogens (tertiary/aromatic N) is 2. The molecule has 3 aromatic rings. The highest BCUT2D eigenvalue weighted by Crippen LogP contribution is 2.15. The van der Waals surface area contributed by atoms with Gasteiger partial charge < -0.3 is 10.1 Å². The van der Waals surface area contributed by atoms with Gasteiger partial charge in [0, 0.05) is 12.1 Å². The van der Waals surface area contributed by atoms with E-state index in [1.54, 1.807) is 24.3 Å². The molecule has 0 saturated heterocycles. The summed E-state index contributed by atoms with van der Waals surface area (Å²) in [6.07, 6.45) is 1.16. The van der Waals surface area contributed by atoms with Gasteiger partial charge in [-0.1, -0.05) is 43.3 Å². The molecule has 0 spiro atoms. The van der Waals surface area contributed by atoms with Gasteiger partial charge in [-0.2, -0.15) is 0 Å². The van der Waals surface area contributed by atoms with Crippen LogP contribution >= 0.6 is 0 Å². The van der Waals surface area contributed by atoms with Crippen molar-refractivity contribution in [2.45, 2.75) is 19.8 Å². The first-order chi connectivity index (χ1) is 13.2. The van der Waals surface area contributed by atoms with Gasteiger partial charge in [0.1, 0.15) is 5.69 Å². The average molecular weight is 364 g/mol. The zero-order valence-electron chi connectivity index (χ0n) is 14.9. The zero-order chi connectivity index (χ0) is 19.1. The number of anilines is 2. The number of carbonyl (C=O) groups is 1. The fourth-order valence-corrected chi connectivity index (χ4v) is 2.46. The lowest BCUT2D eigenvalue weighted by atomic mass is 10.1. The molecule has 7 nitrogen and oxygen atoms in total. The molecule has 0 fully saturated rings. The van der Waals surface area contributed by atoms with Crippen molar-refractivity contribution in [2.24, 2.45) is 0 Å². The molecule has 0 saturated carbocycles. The summed E-state index contributed by atoms with van der Waals surface area (Å²) in [6.45, 7) is 2.31. The largest absolute Gasteiger partial charge is 0.462 e. The molecule has 2 N–H and O–H groups in total. The fraction of sp³-hybridized carbons (Fsp3) is 0.200. The molecule has 0 amide bonds. The van der Waals surface area contributed by atoms with E-state index < -0.39 is 5.97 Å². The van der Waals surface area contributed by atoms with Gasteiger partial charge >= 0.3 is 5.97 Å². The Labute approximate surface area is 156 Å². The number of carbonyl (C=O) groups excluding carboxylic acids is 1. The molecule has 0 aliphatic rings. The van der Waals surface area contributed by atoms with Crippen molar-refractivity contribution in [1.29, 1.82) is 0 Å². The third-order valence-corrected chi connectivity index (χ3v) is 3.78. The summed E-state index contributed by atoms with van der Waals surface area (Å²) in [7, 11) is 0. The van der Waals surface area contributed by atoms with Crippen molar-refractivity contribution < 1.29 is 9.53 Å². The van der Waals surface area contributed by atoms with Crippen molar-refractivity contribution >= 4 is 17.6 Å². The zero-order valence-corrected chi connectivity index (χ0v) is 14.9. The van der Waals surface area contributed by atoms with Gasteiger partial charge in [-0.05, 0) is 30.2 Å². The van der Waals surface area contributed by atoms with Crippen LogP contribution in [0.3, 0.4) is 0 Å². The molecule has 1 heterocycles. The summed E-state index contributed by atoms with van der Waals surface area (Å²) in [4.78, 5) is 26.9. The van der Waals surface area contributed by atoms with E-state index in [-0.39, 0.29) is 11.5 Å². The highest BCUT2D eigenvalue weighted by molar-refractivity contribution is 5.90. The van der Waals surface area contributed by atoms with Crippen molar-refractivity contribution in [3.63, 3.8) is 0 Å². The molecule has 0 bridgehead atoms. The first-order valence-corrected chi connectivity index (χ1v) is 8.69. The number of esters is 1. The molecule has 3 rings (SSSR count). The molecule has 2 aromatic carbocycles. The van der Waals surface area contributed by atoms with Crippen LogP contribution in [0.4, 0.5) is 11.6 Å². The summed E-state index contributed by atoms with van der Waals surface area (Å²) in [5, 5.41) is 11.0. The summed E-state index contributed by atoms with van der Waals surface area (Å²) < 4.78 is 5.12. The fourth-order valence-electron chi connectivity index (χ4n) is 2.46. The molecule has 7 heteroatoms. The lowest BCUT2D eigenvalue weighted by molar-refractivity contribution is 0.0505. The van der Waals surface area contributed by atoms with Gasteiger partial charge in [0.15, 0.2) is 0 Å². The van der Waals surface area contributed by atoms with Crippen molar-refractivity contribution in [1.82, 2.24) is 15.2 Å². The average Bonchev–Trinajstić information content (AvgIpc) is 2.69. The van der Waals surface area contributed by atoms with Crippen LogP contribution in [0.2, 0.25) is 0 Å². The molecule has 0 aliphatic carbocycles. The third-order valence-electron chi connectivity index (χ3n) is 3.78. The molecule has 1 aromatic heterocycles. The van der Waals surface area contributed by atoms with E-state index in [4.69, 9.17) is 4.74 Å². The first-order valence-electron chi connectivity index (χ1n) is 8.69. The summed E-state index contributed by atoms with van der Waals surface area (Å²) in [5.41, 5.74) is 2.03. The van der Waals surface area contributed by atoms with Crippen LogP contribution in [0, 0.1) is 0 Å². The number of benzene rings is 2. The van der Waals surface area contributed by atoms with E-state index in [0.29, 0.717) is 30.0 Å². The van der Waals surface area contributed by atoms with Gasteiger partial charge in [0.05, 0.1) is 12.2 Å². The second-order valence-corrected chi connectivity index (χ2v) is 5.95. The van der Waals surface area contributed by atoms with Gasteiger partial charge in [0.2, 0.25) is 5.95 Å². The Morgan fingerprint density at radius 3 is 2.67 bits per heavy atom. The Morgan fingerprint density at radius 2 is 1.93 bits per heavy atom. The predicted octanol–water partition coefficient (Wildman–Crippen LogP) is 3.07. The predicted molar refractivity (Wildman–Crippen MR) is 102 cm³/mol. The SMILES string of the molecule is CCCOC(=O)c1cccc(Nc2nnc(Cc3ccccc3)c(=O)[nH]2)c1. The highest BCUT2D eigenvalue weighted by atomic mass is 16.5. The number of hydrogen-bond donors (Lipinski definition) is 2. The van der Waals surface area contributed by atoms with Crippen molar-refractivity contribution in [3.8, 4) is 0 Å². The number of hydrogen-bond acceptors (Lipinski definition) is 6. The standard InChI is InChI=1S/C20H20N4O3/c1-2-11-27-19(26)15-9-6-10-16(13-15)21-20-22-18(25)17(23-24-20)12-14-7-4-3-5-8-14/h3-10,13H,2,11-12H2,1H3,(H2,21,22,24,25). The smallest absolute Gasteiger partial charge is 0.338 e. The quantitative estimate of drug-likeness (QED) is 0.626. The van der Waals surface area contributed by atoms with E-state index >= 15 is 0 Å². The maximum Gasteiger partial charge on any atom is 0.338 e. The summed E-state index contributed by atoms with van der Waals surface area (Å²) in [5.74, 6) is -0.186. The molecule has 0 atom stereocenters. The minimum absolute atomic E-state index is 0.205. The van der Waals surface area contributed by atoms with Crippen LogP contribution in [0.1, 0.15) is 35.0 Å². The molecule has 0 radical (unpaired) electrons. The maximum atomic E-state index is 12.3. The minimum Gasteiger partial charge on any atom is -0.462 e. The van der Waals surface area contributed by atoms with E-state index in [1.807, 2.05) is 37.3 Å². The monoisotopic (exact) mass is 364 g/mol. The number of nitrogens with one attached hydrogen (secondary N) is 2. The van der Waals surface area contributed by atoms with E-state index in [9.17, 15) is 9.59 Å². The Morgan fingerprint density at radius 1 is 1.11 bits per heavy atom. The summed E-state index contributed by atoms with van der Waals surface area (Å²) in [6, 6.07) is 16.4. The van der Waals surface area contributed by atoms with Crippen molar-refractivity contribution in [2.75, 3.05) is 11.9 Å². The Bertz CT molecular complexity index is 970. The first kappa shape index (κ1) is 18.3. The number of ether oxygens (including phenoxy) is 1. The Kier molecular flexibility index (Phi) is 5.94. The molecular formula is C20H20N4O3. The number of aromatic nitrogens is 3. The molecular weight excluding hydrogens is 344 g/mol. The van der Waals surface area contributed by atoms with Crippen LogP contribution in [-0.2, 0) is 11.2 Å². The minimum atomic E-state index is -0.390. The van der Waals surface area contributed by atoms with Crippen LogP contribution in [-0.4, -0.2) is 27.8 Å².